The number of hydrogen-bond acceptors (Lipinski definition) is 4. The zero-order chi connectivity index (χ0) is 13.8. The van der Waals surface area contributed by atoms with E-state index >= 15 is 0 Å². The maximum Gasteiger partial charge on any atom is 0.346 e. The van der Waals surface area contributed by atoms with Crippen molar-refractivity contribution in [1.29, 1.82) is 0 Å². The van der Waals surface area contributed by atoms with Crippen LogP contribution < -0.4 is 19.9 Å². The van der Waals surface area contributed by atoms with Crippen LogP contribution in [0.4, 0.5) is 10.5 Å². The molecule has 0 aromatic heterocycles. The Morgan fingerprint density at radius 1 is 1.22 bits per heavy atom. The molecule has 0 aliphatic heterocycles. The monoisotopic (exact) mass is 312 g/mol. The first-order chi connectivity index (χ1) is 8.35. The summed E-state index contributed by atoms with van der Waals surface area (Å²) in [7, 11) is 2.96. The number of hydrogen-bond donors (Lipinski definition) is 2. The molecule has 1 aromatic carbocycles. The van der Waals surface area contributed by atoms with E-state index in [2.05, 4.69) is 5.32 Å². The largest absolute Gasteiger partial charge is 0.493 e. The number of nitrogens with one attached hydrogen (secondary N) is 2. The maximum atomic E-state index is 11.3. The van der Waals surface area contributed by atoms with E-state index in [9.17, 15) is 9.36 Å². The first-order valence-electron chi connectivity index (χ1n) is 4.66. The molecule has 9 heteroatoms. The highest BCUT2D eigenvalue weighted by molar-refractivity contribution is 8.07. The SMILES string of the molecule is COc1ccc(NC(=O)NP(=O)(Cl)Cl)cc1OC. The summed E-state index contributed by atoms with van der Waals surface area (Å²) in [5.41, 5.74) is 0.409. The molecular weight excluding hydrogens is 302 g/mol. The van der Waals surface area contributed by atoms with Crippen molar-refractivity contribution in [3.63, 3.8) is 0 Å². The molecule has 0 unspecified atom stereocenters. The number of methoxy groups -OCH3 is 2. The van der Waals surface area contributed by atoms with E-state index in [0.717, 1.165) is 0 Å². The average molecular weight is 313 g/mol. The van der Waals surface area contributed by atoms with E-state index in [0.29, 0.717) is 17.2 Å². The lowest BCUT2D eigenvalue weighted by Gasteiger charge is -2.11. The number of carbonyl (C=O) groups excluding carboxylic acids is 1. The molecule has 0 heterocycles. The van der Waals surface area contributed by atoms with Gasteiger partial charge in [0, 0.05) is 11.8 Å². The Balaban J connectivity index is 2.80. The van der Waals surface area contributed by atoms with Crippen LogP contribution in [0.1, 0.15) is 0 Å². The summed E-state index contributed by atoms with van der Waals surface area (Å²) in [4.78, 5) is 11.3. The van der Waals surface area contributed by atoms with Gasteiger partial charge in [0.05, 0.1) is 14.2 Å². The van der Waals surface area contributed by atoms with Crippen LogP contribution >= 0.6 is 28.5 Å². The van der Waals surface area contributed by atoms with Gasteiger partial charge in [-0.15, -0.1) is 0 Å². The van der Waals surface area contributed by atoms with Gasteiger partial charge in [0.15, 0.2) is 11.5 Å². The van der Waals surface area contributed by atoms with Crippen LogP contribution in [-0.4, -0.2) is 20.3 Å². The molecule has 0 fully saturated rings. The van der Waals surface area contributed by atoms with Crippen LogP contribution in [0.2, 0.25) is 0 Å². The van der Waals surface area contributed by atoms with Gasteiger partial charge < -0.3 is 14.8 Å². The Labute approximate surface area is 114 Å². The third-order valence-corrected chi connectivity index (χ3v) is 2.84. The molecule has 1 aromatic rings. The number of halogens is 2. The zero-order valence-corrected chi connectivity index (χ0v) is 12.0. The van der Waals surface area contributed by atoms with E-state index in [1.165, 1.54) is 20.3 Å². The predicted molar refractivity (Wildman–Crippen MR) is 71.0 cm³/mol. The average Bonchev–Trinajstić information content (AvgIpc) is 2.26. The van der Waals surface area contributed by atoms with Gasteiger partial charge in [0.25, 0.3) is 0 Å². The van der Waals surface area contributed by atoms with Crippen molar-refractivity contribution < 1.29 is 18.8 Å². The molecule has 0 saturated heterocycles. The summed E-state index contributed by atoms with van der Waals surface area (Å²) in [6.07, 6.45) is 0. The van der Waals surface area contributed by atoms with E-state index < -0.39 is 12.0 Å². The van der Waals surface area contributed by atoms with Crippen LogP contribution in [0, 0.1) is 0 Å². The van der Waals surface area contributed by atoms with Crippen LogP contribution in [0.3, 0.4) is 0 Å². The quantitative estimate of drug-likeness (QED) is 0.835. The molecule has 0 saturated carbocycles. The number of anilines is 1. The minimum atomic E-state index is -3.67. The third-order valence-electron chi connectivity index (χ3n) is 1.87. The number of ether oxygens (including phenoxy) is 2. The van der Waals surface area contributed by atoms with Crippen molar-refractivity contribution in [3.8, 4) is 11.5 Å². The summed E-state index contributed by atoms with van der Waals surface area (Å²) in [6.45, 7) is 0. The minimum Gasteiger partial charge on any atom is -0.493 e. The third kappa shape index (κ3) is 4.64. The summed E-state index contributed by atoms with van der Waals surface area (Å²) in [5.74, 6) is -2.71. The van der Waals surface area contributed by atoms with Crippen molar-refractivity contribution in [1.82, 2.24) is 5.09 Å². The van der Waals surface area contributed by atoms with Crippen LogP contribution in [0.5, 0.6) is 11.5 Å². The summed E-state index contributed by atoms with van der Waals surface area (Å²) >= 11 is 10.4. The normalized spacial score (nSPS) is 10.7. The minimum absolute atomic E-state index is 0.409. The van der Waals surface area contributed by atoms with Crippen molar-refractivity contribution >= 4 is 40.2 Å². The Kier molecular flexibility index (Phi) is 5.14. The van der Waals surface area contributed by atoms with Crippen molar-refractivity contribution in [2.75, 3.05) is 19.5 Å². The Bertz CT molecular complexity index is 491. The number of rotatable bonds is 4. The molecule has 2 N–H and O–H groups in total. The van der Waals surface area contributed by atoms with Gasteiger partial charge in [-0.1, -0.05) is 0 Å². The van der Waals surface area contributed by atoms with E-state index in [4.69, 9.17) is 32.0 Å². The Morgan fingerprint density at radius 2 is 1.83 bits per heavy atom. The van der Waals surface area contributed by atoms with Crippen molar-refractivity contribution in [2.24, 2.45) is 0 Å². The number of carbonyl (C=O) groups is 1. The van der Waals surface area contributed by atoms with Crippen LogP contribution in [-0.2, 0) is 4.57 Å². The number of benzene rings is 1. The second kappa shape index (κ2) is 6.18. The summed E-state index contributed by atoms with van der Waals surface area (Å²) in [6, 6.07) is 3.94. The standard InChI is InChI=1S/C9H11Cl2N2O4P/c1-16-7-4-3-6(5-8(7)17-2)12-9(14)13-18(10,11)15/h3-5H,1-2H3,(H2,12,13,14,15). The van der Waals surface area contributed by atoms with Gasteiger partial charge in [-0.05, 0) is 34.6 Å². The lowest BCUT2D eigenvalue weighted by atomic mass is 10.3. The van der Waals surface area contributed by atoms with Gasteiger partial charge in [-0.3, -0.25) is 9.65 Å². The molecule has 0 aliphatic rings. The van der Waals surface area contributed by atoms with Crippen LogP contribution in [0.25, 0.3) is 0 Å². The topological polar surface area (TPSA) is 76.7 Å². The lowest BCUT2D eigenvalue weighted by molar-refractivity contribution is 0.256. The molecule has 0 aliphatic carbocycles. The van der Waals surface area contributed by atoms with E-state index in [1.54, 1.807) is 12.1 Å². The summed E-state index contributed by atoms with van der Waals surface area (Å²) < 4.78 is 21.0. The highest BCUT2D eigenvalue weighted by Gasteiger charge is 2.17. The molecule has 0 bridgehead atoms. The second-order valence-corrected chi connectivity index (χ2v) is 7.62. The molecule has 0 spiro atoms. The van der Waals surface area contributed by atoms with Gasteiger partial charge in [-0.2, -0.15) is 0 Å². The lowest BCUT2D eigenvalue weighted by Crippen LogP contribution is -2.23. The predicted octanol–water partition coefficient (Wildman–Crippen LogP) is 3.41. The van der Waals surface area contributed by atoms with Gasteiger partial charge in [0.2, 0.25) is 0 Å². The van der Waals surface area contributed by atoms with E-state index in [1.807, 2.05) is 5.09 Å². The molecular formula is C9H11Cl2N2O4P. The number of urea groups is 1. The smallest absolute Gasteiger partial charge is 0.346 e. The first-order valence-corrected chi connectivity index (χ1v) is 8.18. The summed E-state index contributed by atoms with van der Waals surface area (Å²) in [5, 5.41) is 4.30. The highest BCUT2D eigenvalue weighted by Crippen LogP contribution is 2.52. The molecule has 6 nitrogen and oxygen atoms in total. The first kappa shape index (κ1) is 15.0. The second-order valence-electron chi connectivity index (χ2n) is 3.10. The van der Waals surface area contributed by atoms with E-state index in [-0.39, 0.29) is 0 Å². The molecule has 18 heavy (non-hydrogen) atoms. The van der Waals surface area contributed by atoms with Crippen molar-refractivity contribution in [2.45, 2.75) is 0 Å². The van der Waals surface area contributed by atoms with Gasteiger partial charge in [-0.25, -0.2) is 4.79 Å². The molecule has 2 amide bonds. The fourth-order valence-corrected chi connectivity index (χ4v) is 1.94. The molecule has 100 valence electrons. The Hall–Kier alpha value is -1.10. The maximum absolute atomic E-state index is 11.3. The molecule has 1 rings (SSSR count). The Morgan fingerprint density at radius 3 is 2.33 bits per heavy atom. The van der Waals surface area contributed by atoms with Gasteiger partial charge in [0.1, 0.15) is 0 Å². The fraction of sp³-hybridized carbons (Fsp3) is 0.222. The fourth-order valence-electron chi connectivity index (χ4n) is 1.19. The molecule has 0 atom stereocenters. The van der Waals surface area contributed by atoms with Crippen LogP contribution in [0.15, 0.2) is 18.2 Å². The molecule has 0 radical (unpaired) electrons. The number of amides is 2. The highest BCUT2D eigenvalue weighted by atomic mass is 35.9. The van der Waals surface area contributed by atoms with Gasteiger partial charge >= 0.3 is 12.0 Å². The zero-order valence-electron chi connectivity index (χ0n) is 9.57. The van der Waals surface area contributed by atoms with Crippen molar-refractivity contribution in [3.05, 3.63) is 18.2 Å².